The Hall–Kier alpha value is -7.26. The molecule has 1 aromatic heterocycles. The topological polar surface area (TPSA) is 142 Å². The van der Waals surface area contributed by atoms with Crippen LogP contribution in [0, 0.1) is 0 Å². The third kappa shape index (κ3) is 4.42. The molecule has 6 aromatic carbocycles. The van der Waals surface area contributed by atoms with E-state index in [1.54, 1.807) is 103 Å². The highest BCUT2D eigenvalue weighted by Gasteiger charge is 2.37. The Kier molecular flexibility index (Phi) is 6.52. The third-order valence-corrected chi connectivity index (χ3v) is 9.50. The van der Waals surface area contributed by atoms with Gasteiger partial charge in [0.1, 0.15) is 0 Å². The van der Waals surface area contributed by atoms with Crippen LogP contribution in [0.15, 0.2) is 126 Å². The number of fused-ring (bicyclic) bond motifs is 7. The zero-order valence-corrected chi connectivity index (χ0v) is 26.5. The molecule has 9 heteroatoms. The van der Waals surface area contributed by atoms with Crippen molar-refractivity contribution in [2.75, 3.05) is 10.6 Å². The molecular formula is C42H23N3O6. The average molecular weight is 666 g/mol. The average Bonchev–Trinajstić information content (AvgIpc) is 3.16. The van der Waals surface area contributed by atoms with Gasteiger partial charge >= 0.3 is 0 Å². The van der Waals surface area contributed by atoms with E-state index < -0.39 is 29.0 Å². The molecule has 0 aliphatic heterocycles. The highest BCUT2D eigenvalue weighted by Crippen LogP contribution is 2.41. The first kappa shape index (κ1) is 29.8. The molecule has 0 atom stereocenters. The second-order valence-corrected chi connectivity index (χ2v) is 12.4. The fraction of sp³-hybridized carbons (Fsp3) is 0. The van der Waals surface area contributed by atoms with Gasteiger partial charge in [0, 0.05) is 44.1 Å². The van der Waals surface area contributed by atoms with Crippen molar-refractivity contribution in [2.24, 2.45) is 0 Å². The summed E-state index contributed by atoms with van der Waals surface area (Å²) in [6.07, 6.45) is 0. The molecule has 0 bridgehead atoms. The number of carbonyl (C=O) groups is 5. The van der Waals surface area contributed by atoms with E-state index in [4.69, 9.17) is 0 Å². The van der Waals surface area contributed by atoms with Crippen LogP contribution >= 0.6 is 0 Å². The molecular weight excluding hydrogens is 642 g/mol. The lowest BCUT2D eigenvalue weighted by Gasteiger charge is -2.25. The van der Waals surface area contributed by atoms with Crippen LogP contribution in [-0.2, 0) is 0 Å². The van der Waals surface area contributed by atoms with E-state index in [2.05, 4.69) is 15.6 Å². The fourth-order valence-electron chi connectivity index (χ4n) is 7.15. The normalized spacial score (nSPS) is 13.0. The monoisotopic (exact) mass is 665 g/mol. The summed E-state index contributed by atoms with van der Waals surface area (Å²) in [7, 11) is 0. The van der Waals surface area contributed by atoms with Crippen molar-refractivity contribution >= 4 is 67.9 Å². The largest absolute Gasteiger partial charge is 0.354 e. The Morgan fingerprint density at radius 3 is 1.73 bits per heavy atom. The summed E-state index contributed by atoms with van der Waals surface area (Å²) < 4.78 is 0. The number of rotatable bonds is 4. The number of aromatic amines is 1. The van der Waals surface area contributed by atoms with Crippen molar-refractivity contribution in [1.29, 1.82) is 0 Å². The minimum Gasteiger partial charge on any atom is -0.354 e. The molecule has 0 radical (unpaired) electrons. The van der Waals surface area contributed by atoms with Crippen molar-refractivity contribution in [3.05, 3.63) is 182 Å². The minimum atomic E-state index is -0.482. The van der Waals surface area contributed by atoms with Gasteiger partial charge in [0.25, 0.3) is 5.91 Å². The number of carbonyl (C=O) groups excluding carboxylic acids is 5. The Balaban J connectivity index is 1.21. The minimum absolute atomic E-state index is 0.0376. The molecule has 9 rings (SSSR count). The van der Waals surface area contributed by atoms with Gasteiger partial charge in [0.05, 0.1) is 44.8 Å². The molecule has 0 spiro atoms. The predicted octanol–water partition coefficient (Wildman–Crippen LogP) is 7.23. The summed E-state index contributed by atoms with van der Waals surface area (Å²) in [5.41, 5.74) is 2.12. The first-order valence-corrected chi connectivity index (χ1v) is 16.1. The molecule has 0 fully saturated rings. The van der Waals surface area contributed by atoms with Crippen LogP contribution in [0.2, 0.25) is 0 Å². The summed E-state index contributed by atoms with van der Waals surface area (Å²) in [5.74, 6) is -2.26. The number of hydrogen-bond donors (Lipinski definition) is 3. The van der Waals surface area contributed by atoms with Gasteiger partial charge in [-0.05, 0) is 42.5 Å². The zero-order chi connectivity index (χ0) is 35.0. The zero-order valence-electron chi connectivity index (χ0n) is 26.5. The van der Waals surface area contributed by atoms with Gasteiger partial charge in [-0.3, -0.25) is 28.8 Å². The van der Waals surface area contributed by atoms with E-state index in [0.29, 0.717) is 16.5 Å². The maximum absolute atomic E-state index is 14.3. The molecule has 242 valence electrons. The first-order chi connectivity index (χ1) is 24.8. The lowest BCUT2D eigenvalue weighted by molar-refractivity contribution is 0.0979. The summed E-state index contributed by atoms with van der Waals surface area (Å²) in [6.45, 7) is 0. The van der Waals surface area contributed by atoms with E-state index in [1.165, 1.54) is 18.2 Å². The van der Waals surface area contributed by atoms with Crippen LogP contribution in [0.3, 0.4) is 0 Å². The number of H-pyrrole nitrogens is 1. The van der Waals surface area contributed by atoms with Crippen molar-refractivity contribution < 1.29 is 24.0 Å². The van der Waals surface area contributed by atoms with Crippen LogP contribution in [0.4, 0.5) is 17.1 Å². The van der Waals surface area contributed by atoms with Gasteiger partial charge in [0.2, 0.25) is 0 Å². The van der Waals surface area contributed by atoms with E-state index in [-0.39, 0.29) is 77.9 Å². The van der Waals surface area contributed by atoms with Crippen LogP contribution in [0.1, 0.15) is 74.0 Å². The number of ketones is 4. The number of hydrogen-bond acceptors (Lipinski definition) is 7. The standard InChI is InChI=1S/C42H23N3O6/c46-37-24-14-6-7-17-28(24)44-36-27(37)20-31(34-35(36)39(48)23-13-5-4-12-22(23)38(34)47)43-29-18-8-15-25-32(29)40(49)26-16-9-19-30(33(26)41(25)50)45-42(51)21-10-2-1-3-11-21/h1-20,43H,(H,44,46)(H,45,51). The molecule has 1 heterocycles. The van der Waals surface area contributed by atoms with Gasteiger partial charge in [-0.15, -0.1) is 0 Å². The van der Waals surface area contributed by atoms with Crippen LogP contribution in [-0.4, -0.2) is 34.0 Å². The Morgan fingerprint density at radius 1 is 0.471 bits per heavy atom. The van der Waals surface area contributed by atoms with Crippen LogP contribution in [0.5, 0.6) is 0 Å². The van der Waals surface area contributed by atoms with Crippen molar-refractivity contribution in [3.63, 3.8) is 0 Å². The van der Waals surface area contributed by atoms with E-state index in [1.807, 2.05) is 0 Å². The molecule has 2 aliphatic carbocycles. The molecule has 2 aliphatic rings. The second-order valence-electron chi connectivity index (χ2n) is 12.4. The number of pyridine rings is 1. The predicted molar refractivity (Wildman–Crippen MR) is 193 cm³/mol. The van der Waals surface area contributed by atoms with Crippen LogP contribution in [0.25, 0.3) is 21.8 Å². The van der Waals surface area contributed by atoms with Crippen molar-refractivity contribution in [2.45, 2.75) is 0 Å². The molecule has 0 unspecified atom stereocenters. The molecule has 0 saturated carbocycles. The van der Waals surface area contributed by atoms with Crippen LogP contribution < -0.4 is 16.1 Å². The number of aromatic nitrogens is 1. The highest BCUT2D eigenvalue weighted by molar-refractivity contribution is 6.35. The fourth-order valence-corrected chi connectivity index (χ4v) is 7.15. The summed E-state index contributed by atoms with van der Waals surface area (Å²) >= 11 is 0. The maximum Gasteiger partial charge on any atom is 0.255 e. The van der Waals surface area contributed by atoms with Crippen molar-refractivity contribution in [1.82, 2.24) is 4.98 Å². The summed E-state index contributed by atoms with van der Waals surface area (Å²) in [5, 5.41) is 6.54. The maximum atomic E-state index is 14.3. The Bertz CT molecular complexity index is 2820. The number of nitrogens with one attached hydrogen (secondary N) is 3. The number of para-hydroxylation sites is 1. The quantitative estimate of drug-likeness (QED) is 0.168. The first-order valence-electron chi connectivity index (χ1n) is 16.1. The Morgan fingerprint density at radius 2 is 1.02 bits per heavy atom. The summed E-state index contributed by atoms with van der Waals surface area (Å²) in [4.78, 5) is 86.9. The lowest BCUT2D eigenvalue weighted by Crippen LogP contribution is -2.26. The second kappa shape index (κ2) is 11.1. The van der Waals surface area contributed by atoms with Gasteiger partial charge in [-0.25, -0.2) is 0 Å². The third-order valence-electron chi connectivity index (χ3n) is 9.50. The van der Waals surface area contributed by atoms with Gasteiger partial charge < -0.3 is 15.6 Å². The number of amides is 1. The molecule has 7 aromatic rings. The molecule has 1 amide bonds. The molecule has 9 nitrogen and oxygen atoms in total. The summed E-state index contributed by atoms with van der Waals surface area (Å²) in [6, 6.07) is 32.8. The van der Waals surface area contributed by atoms with Gasteiger partial charge in [-0.2, -0.15) is 0 Å². The van der Waals surface area contributed by atoms with E-state index >= 15 is 0 Å². The molecule has 3 N–H and O–H groups in total. The molecule has 0 saturated heterocycles. The Labute approximate surface area is 288 Å². The van der Waals surface area contributed by atoms with E-state index in [0.717, 1.165) is 0 Å². The van der Waals surface area contributed by atoms with E-state index in [9.17, 15) is 28.8 Å². The van der Waals surface area contributed by atoms with Crippen molar-refractivity contribution in [3.8, 4) is 0 Å². The van der Waals surface area contributed by atoms with Gasteiger partial charge in [-0.1, -0.05) is 78.9 Å². The number of benzene rings is 6. The van der Waals surface area contributed by atoms with Gasteiger partial charge in [0.15, 0.2) is 28.6 Å². The lowest BCUT2D eigenvalue weighted by atomic mass is 9.81. The number of anilines is 3. The SMILES string of the molecule is O=C(Nc1cccc2c1C(=O)c1cccc(Nc3cc4c(=O)c5ccccc5[nH]c4c4c3C(=O)c3ccccc3C4=O)c1C2=O)c1ccccc1. The smallest absolute Gasteiger partial charge is 0.255 e. The molecule has 51 heavy (non-hydrogen) atoms. The highest BCUT2D eigenvalue weighted by atomic mass is 16.2.